The van der Waals surface area contributed by atoms with Gasteiger partial charge in [0.15, 0.2) is 0 Å². The molecule has 0 fully saturated rings. The van der Waals surface area contributed by atoms with E-state index in [4.69, 9.17) is 0 Å². The van der Waals surface area contributed by atoms with Gasteiger partial charge in [-0.1, -0.05) is 97.3 Å². The molecular formula is C26H41N2+. The first-order chi connectivity index (χ1) is 13.8. The molecule has 154 valence electrons. The Balaban J connectivity index is 1.44. The lowest BCUT2D eigenvalue weighted by Gasteiger charge is -2.11. The second-order valence-electron chi connectivity index (χ2n) is 8.43. The molecule has 1 atom stereocenters. The van der Waals surface area contributed by atoms with E-state index < -0.39 is 0 Å². The summed E-state index contributed by atoms with van der Waals surface area (Å²) in [6.45, 7) is 4.65. The first-order valence-corrected chi connectivity index (χ1v) is 11.8. The summed E-state index contributed by atoms with van der Waals surface area (Å²) in [6, 6.07) is 8.81. The summed E-state index contributed by atoms with van der Waals surface area (Å²) >= 11 is 0. The lowest BCUT2D eigenvalue weighted by Crippen LogP contribution is -1.96. The van der Waals surface area contributed by atoms with Crippen LogP contribution >= 0.6 is 0 Å². The van der Waals surface area contributed by atoms with E-state index in [2.05, 4.69) is 48.1 Å². The van der Waals surface area contributed by atoms with Gasteiger partial charge in [-0.15, -0.1) is 9.98 Å². The Morgan fingerprint density at radius 3 is 1.64 bits per heavy atom. The smallest absolute Gasteiger partial charge is 0.147 e. The van der Waals surface area contributed by atoms with Crippen LogP contribution in [-0.4, -0.2) is 12.4 Å². The molecule has 1 aliphatic rings. The van der Waals surface area contributed by atoms with Gasteiger partial charge in [0.05, 0.1) is 0 Å². The molecule has 1 unspecified atom stereocenters. The van der Waals surface area contributed by atoms with Crippen molar-refractivity contribution in [2.24, 2.45) is 9.98 Å². The Morgan fingerprint density at radius 1 is 0.679 bits per heavy atom. The van der Waals surface area contributed by atoms with E-state index in [9.17, 15) is 0 Å². The molecule has 2 rings (SSSR count). The molecule has 0 saturated carbocycles. The van der Waals surface area contributed by atoms with Gasteiger partial charge in [-0.2, -0.15) is 0 Å². The minimum Gasteiger partial charge on any atom is -0.147 e. The van der Waals surface area contributed by atoms with Crippen LogP contribution in [0.4, 0.5) is 0 Å². The van der Waals surface area contributed by atoms with Crippen molar-refractivity contribution in [2.75, 3.05) is 0 Å². The Bertz CT molecular complexity index is 546. The molecule has 1 aromatic rings. The van der Waals surface area contributed by atoms with Gasteiger partial charge in [0, 0.05) is 12.1 Å². The Hall–Kier alpha value is -1.57. The van der Waals surface area contributed by atoms with Crippen LogP contribution in [0.25, 0.3) is 0 Å². The van der Waals surface area contributed by atoms with Gasteiger partial charge >= 0.3 is 0 Å². The van der Waals surface area contributed by atoms with Crippen molar-refractivity contribution in [3.63, 3.8) is 0 Å². The molecule has 1 heterocycles. The molecule has 1 aromatic carbocycles. The summed E-state index contributed by atoms with van der Waals surface area (Å²) in [6.07, 6.45) is 24.1. The number of rotatable bonds is 16. The van der Waals surface area contributed by atoms with Crippen molar-refractivity contribution in [2.45, 2.75) is 110 Å². The molecule has 0 spiro atoms. The van der Waals surface area contributed by atoms with Gasteiger partial charge in [-0.3, -0.25) is 0 Å². The maximum Gasteiger partial charge on any atom is 0.243 e. The summed E-state index contributed by atoms with van der Waals surface area (Å²) in [4.78, 5) is 8.53. The molecule has 0 saturated heterocycles. The molecule has 1 aliphatic heterocycles. The summed E-state index contributed by atoms with van der Waals surface area (Å²) in [5.74, 6) is 0.641. The van der Waals surface area contributed by atoms with E-state index in [-0.39, 0.29) is 0 Å². The van der Waals surface area contributed by atoms with Gasteiger partial charge in [0.25, 0.3) is 0 Å². The first-order valence-electron chi connectivity index (χ1n) is 11.8. The second kappa shape index (κ2) is 14.4. The number of nitrogens with zero attached hydrogens (tertiary/aromatic N) is 2. The van der Waals surface area contributed by atoms with Gasteiger partial charge < -0.3 is 0 Å². The zero-order valence-corrected chi connectivity index (χ0v) is 18.3. The van der Waals surface area contributed by atoms with Crippen molar-refractivity contribution in [3.05, 3.63) is 41.6 Å². The van der Waals surface area contributed by atoms with Crippen molar-refractivity contribution in [1.82, 2.24) is 0 Å². The zero-order valence-electron chi connectivity index (χ0n) is 18.3. The SMILES string of the molecule is CCCCCCCCCCCCCCCC(C)c1ccc([C+]2N=CC=N2)cc1. The topological polar surface area (TPSA) is 24.7 Å². The average molecular weight is 382 g/mol. The molecule has 0 aliphatic carbocycles. The fourth-order valence-electron chi connectivity index (χ4n) is 3.99. The quantitative estimate of drug-likeness (QED) is 0.203. The highest BCUT2D eigenvalue weighted by Crippen LogP contribution is 2.26. The minimum atomic E-state index is 0.641. The number of hydrogen-bond acceptors (Lipinski definition) is 2. The average Bonchev–Trinajstić information content (AvgIpc) is 3.26. The monoisotopic (exact) mass is 381 g/mol. The van der Waals surface area contributed by atoms with Crippen molar-refractivity contribution < 1.29 is 0 Å². The van der Waals surface area contributed by atoms with E-state index in [0.717, 1.165) is 11.7 Å². The molecule has 28 heavy (non-hydrogen) atoms. The van der Waals surface area contributed by atoms with Crippen LogP contribution in [0, 0.1) is 6.17 Å². The Kier molecular flexibility index (Phi) is 11.7. The van der Waals surface area contributed by atoms with E-state index in [0.29, 0.717) is 5.92 Å². The van der Waals surface area contributed by atoms with E-state index in [1.165, 1.54) is 95.5 Å². The number of aliphatic imine (C=N–C) groups is 2. The van der Waals surface area contributed by atoms with Crippen LogP contribution in [-0.2, 0) is 0 Å². The number of hydrogen-bond donors (Lipinski definition) is 0. The van der Waals surface area contributed by atoms with E-state index >= 15 is 0 Å². The molecule has 0 N–H and O–H groups in total. The van der Waals surface area contributed by atoms with Crippen LogP contribution < -0.4 is 0 Å². The molecular weight excluding hydrogens is 340 g/mol. The van der Waals surface area contributed by atoms with E-state index in [1.54, 1.807) is 12.4 Å². The van der Waals surface area contributed by atoms with Crippen LogP contribution in [0.2, 0.25) is 0 Å². The highest BCUT2D eigenvalue weighted by Gasteiger charge is 2.18. The lowest BCUT2D eigenvalue weighted by molar-refractivity contribution is 0.526. The van der Waals surface area contributed by atoms with Gasteiger partial charge in [0.1, 0.15) is 18.0 Å². The summed E-state index contributed by atoms with van der Waals surface area (Å²) in [5.41, 5.74) is 2.55. The molecule has 0 aromatic heterocycles. The number of unbranched alkanes of at least 4 members (excludes halogenated alkanes) is 12. The second-order valence-corrected chi connectivity index (χ2v) is 8.43. The molecule has 2 nitrogen and oxygen atoms in total. The third-order valence-electron chi connectivity index (χ3n) is 5.94. The summed E-state index contributed by atoms with van der Waals surface area (Å²) in [5, 5.41) is 0. The van der Waals surface area contributed by atoms with Gasteiger partial charge in [-0.05, 0) is 30.0 Å². The Morgan fingerprint density at radius 2 is 1.14 bits per heavy atom. The highest BCUT2D eigenvalue weighted by molar-refractivity contribution is 6.18. The fourth-order valence-corrected chi connectivity index (χ4v) is 3.99. The summed E-state index contributed by atoms with van der Waals surface area (Å²) < 4.78 is 0. The highest BCUT2D eigenvalue weighted by atomic mass is 15.0. The minimum absolute atomic E-state index is 0.641. The van der Waals surface area contributed by atoms with Crippen LogP contribution in [0.5, 0.6) is 0 Å². The normalized spacial score (nSPS) is 14.1. The molecule has 0 amide bonds. The van der Waals surface area contributed by atoms with Gasteiger partial charge in [0.2, 0.25) is 6.17 Å². The molecule has 0 bridgehead atoms. The van der Waals surface area contributed by atoms with Gasteiger partial charge in [-0.25, -0.2) is 0 Å². The van der Waals surface area contributed by atoms with E-state index in [1.807, 2.05) is 0 Å². The van der Waals surface area contributed by atoms with Crippen molar-refractivity contribution in [3.8, 4) is 0 Å². The van der Waals surface area contributed by atoms with Crippen LogP contribution in [0.3, 0.4) is 0 Å². The predicted molar refractivity (Wildman–Crippen MR) is 124 cm³/mol. The third kappa shape index (κ3) is 9.08. The largest absolute Gasteiger partial charge is 0.243 e. The first kappa shape index (κ1) is 22.7. The molecule has 2 heteroatoms. The maximum atomic E-state index is 4.27. The number of benzene rings is 1. The molecule has 0 radical (unpaired) electrons. The standard InChI is InChI=1S/C26H41N2/c1-3-4-5-6-7-8-9-10-11-12-13-14-15-16-23(2)24-17-19-25(20-18-24)26-27-21-22-28-26/h17-23H,3-16H2,1-2H3/q+1. The maximum absolute atomic E-state index is 4.27. The van der Waals surface area contributed by atoms with Crippen molar-refractivity contribution >= 4 is 12.4 Å². The lowest BCUT2D eigenvalue weighted by atomic mass is 9.93. The third-order valence-corrected chi connectivity index (χ3v) is 5.94. The summed E-state index contributed by atoms with van der Waals surface area (Å²) in [7, 11) is 0. The van der Waals surface area contributed by atoms with Crippen LogP contribution in [0.1, 0.15) is 121 Å². The fraction of sp³-hybridized carbons (Fsp3) is 0.654. The predicted octanol–water partition coefficient (Wildman–Crippen LogP) is 8.26. The zero-order chi connectivity index (χ0) is 19.9. The van der Waals surface area contributed by atoms with Crippen molar-refractivity contribution in [1.29, 1.82) is 0 Å². The Labute approximate surface area is 174 Å². The van der Waals surface area contributed by atoms with Crippen LogP contribution in [0.15, 0.2) is 34.3 Å².